The Balaban J connectivity index is 1.37. The van der Waals surface area contributed by atoms with Crippen LogP contribution in [0.3, 0.4) is 0 Å². The van der Waals surface area contributed by atoms with Gasteiger partial charge < -0.3 is 10.1 Å². The van der Waals surface area contributed by atoms with Gasteiger partial charge in [-0.15, -0.1) is 0 Å². The number of nitrogens with zero attached hydrogens (tertiary/aromatic N) is 4. The van der Waals surface area contributed by atoms with Crippen LogP contribution in [0.5, 0.6) is 0 Å². The van der Waals surface area contributed by atoms with Crippen LogP contribution in [0.2, 0.25) is 0 Å². The molecule has 1 N–H and O–H groups in total. The fourth-order valence-corrected chi connectivity index (χ4v) is 2.73. The van der Waals surface area contributed by atoms with Crippen LogP contribution in [0.15, 0.2) is 24.7 Å². The van der Waals surface area contributed by atoms with Gasteiger partial charge in [0.05, 0.1) is 17.8 Å². The summed E-state index contributed by atoms with van der Waals surface area (Å²) in [5.41, 5.74) is 1.23. The first kappa shape index (κ1) is 15.1. The first-order valence-electron chi connectivity index (χ1n) is 8.33. The minimum atomic E-state index is -0.199. The van der Waals surface area contributed by atoms with E-state index in [1.807, 2.05) is 0 Å². The molecule has 2 aromatic rings. The van der Waals surface area contributed by atoms with Gasteiger partial charge in [-0.25, -0.2) is 19.9 Å². The average Bonchev–Trinajstić information content (AvgIpc) is 3.34. The van der Waals surface area contributed by atoms with Gasteiger partial charge >= 0.3 is 0 Å². The molecule has 24 heavy (non-hydrogen) atoms. The molecule has 3 heterocycles. The van der Waals surface area contributed by atoms with E-state index >= 15 is 0 Å². The maximum atomic E-state index is 12.2. The van der Waals surface area contributed by atoms with Crippen molar-refractivity contribution in [1.82, 2.24) is 25.3 Å². The predicted octanol–water partition coefficient (Wildman–Crippen LogP) is 1.93. The highest BCUT2D eigenvalue weighted by molar-refractivity contribution is 5.93. The number of ether oxygens (including phenoxy) is 1. The number of carbonyl (C=O) groups excluding carboxylic acids is 1. The third-order valence-corrected chi connectivity index (χ3v) is 4.26. The lowest BCUT2D eigenvalue weighted by atomic mass is 10.2. The minimum Gasteiger partial charge on any atom is -0.370 e. The Morgan fingerprint density at radius 3 is 2.71 bits per heavy atom. The van der Waals surface area contributed by atoms with E-state index in [0.29, 0.717) is 23.9 Å². The molecule has 1 aliphatic heterocycles. The van der Waals surface area contributed by atoms with E-state index in [1.54, 1.807) is 24.7 Å². The average molecular weight is 325 g/mol. The molecule has 0 aromatic carbocycles. The van der Waals surface area contributed by atoms with Gasteiger partial charge in [0.2, 0.25) is 0 Å². The molecule has 1 unspecified atom stereocenters. The second-order valence-electron chi connectivity index (χ2n) is 6.19. The second kappa shape index (κ2) is 6.60. The summed E-state index contributed by atoms with van der Waals surface area (Å²) in [6, 6.07) is 1.80. The van der Waals surface area contributed by atoms with Gasteiger partial charge in [-0.2, -0.15) is 0 Å². The third-order valence-electron chi connectivity index (χ3n) is 4.26. The molecule has 0 radical (unpaired) electrons. The Hall–Kier alpha value is -2.41. The van der Waals surface area contributed by atoms with Gasteiger partial charge in [0.1, 0.15) is 11.9 Å². The van der Waals surface area contributed by atoms with Crippen molar-refractivity contribution < 1.29 is 9.53 Å². The third kappa shape index (κ3) is 3.41. The molecule has 7 heteroatoms. The molecule has 0 bridgehead atoms. The molecular formula is C17H19N5O2. The summed E-state index contributed by atoms with van der Waals surface area (Å²) in [5, 5.41) is 2.85. The van der Waals surface area contributed by atoms with Crippen LogP contribution in [0.25, 0.3) is 0 Å². The first-order valence-corrected chi connectivity index (χ1v) is 8.33. The van der Waals surface area contributed by atoms with E-state index < -0.39 is 0 Å². The summed E-state index contributed by atoms with van der Waals surface area (Å²) in [7, 11) is 0. The van der Waals surface area contributed by atoms with Crippen molar-refractivity contribution in [1.29, 1.82) is 0 Å². The summed E-state index contributed by atoms with van der Waals surface area (Å²) in [4.78, 5) is 29.5. The zero-order chi connectivity index (χ0) is 16.4. The Kier molecular flexibility index (Phi) is 4.17. The van der Waals surface area contributed by atoms with E-state index in [-0.39, 0.29) is 12.0 Å². The van der Waals surface area contributed by atoms with Gasteiger partial charge in [-0.3, -0.25) is 4.79 Å². The fourth-order valence-electron chi connectivity index (χ4n) is 2.73. The van der Waals surface area contributed by atoms with Crippen molar-refractivity contribution in [2.24, 2.45) is 0 Å². The van der Waals surface area contributed by atoms with Gasteiger partial charge in [0.25, 0.3) is 5.91 Å². The summed E-state index contributed by atoms with van der Waals surface area (Å²) < 4.78 is 5.60. The van der Waals surface area contributed by atoms with Crippen molar-refractivity contribution >= 4 is 5.91 Å². The van der Waals surface area contributed by atoms with Gasteiger partial charge in [-0.1, -0.05) is 0 Å². The number of rotatable bonds is 5. The Labute approximate surface area is 139 Å². The molecule has 2 fully saturated rings. The van der Waals surface area contributed by atoms with Crippen molar-refractivity contribution in [3.8, 4) is 0 Å². The van der Waals surface area contributed by atoms with Crippen molar-refractivity contribution in [2.75, 3.05) is 6.61 Å². The molecule has 1 saturated heterocycles. The summed E-state index contributed by atoms with van der Waals surface area (Å²) in [6.45, 7) is 1.09. The van der Waals surface area contributed by atoms with E-state index in [1.165, 1.54) is 0 Å². The van der Waals surface area contributed by atoms with Crippen molar-refractivity contribution in [3.63, 3.8) is 0 Å². The molecule has 1 amide bonds. The van der Waals surface area contributed by atoms with Gasteiger partial charge in [0, 0.05) is 31.1 Å². The topological polar surface area (TPSA) is 89.9 Å². The normalized spacial score (nSPS) is 20.1. The summed E-state index contributed by atoms with van der Waals surface area (Å²) in [5.74, 6) is 1.81. The van der Waals surface area contributed by atoms with Crippen LogP contribution in [0.4, 0.5) is 0 Å². The first-order chi connectivity index (χ1) is 11.8. The van der Waals surface area contributed by atoms with E-state index in [9.17, 15) is 4.79 Å². The van der Waals surface area contributed by atoms with Crippen LogP contribution >= 0.6 is 0 Å². The fraction of sp³-hybridized carbons (Fsp3) is 0.471. The highest BCUT2D eigenvalue weighted by Gasteiger charge is 2.26. The largest absolute Gasteiger partial charge is 0.370 e. The van der Waals surface area contributed by atoms with Crippen LogP contribution in [0, 0.1) is 0 Å². The number of carbonyl (C=O) groups is 1. The maximum Gasteiger partial charge on any atom is 0.254 e. The number of aromatic nitrogens is 4. The molecule has 2 aliphatic rings. The monoisotopic (exact) mass is 325 g/mol. The molecule has 7 nitrogen and oxygen atoms in total. The second-order valence-corrected chi connectivity index (χ2v) is 6.19. The molecule has 1 aliphatic carbocycles. The van der Waals surface area contributed by atoms with Crippen LogP contribution in [-0.4, -0.2) is 32.4 Å². The van der Waals surface area contributed by atoms with E-state index in [2.05, 4.69) is 25.3 Å². The molecular weight excluding hydrogens is 306 g/mol. The summed E-state index contributed by atoms with van der Waals surface area (Å²) >= 11 is 0. The zero-order valence-corrected chi connectivity index (χ0v) is 13.3. The van der Waals surface area contributed by atoms with E-state index in [0.717, 1.165) is 43.8 Å². The predicted molar refractivity (Wildman–Crippen MR) is 85.1 cm³/mol. The lowest BCUT2D eigenvalue weighted by molar-refractivity contribution is 0.0949. The minimum absolute atomic E-state index is 0.0241. The number of hydrogen-bond donors (Lipinski definition) is 1. The van der Waals surface area contributed by atoms with Crippen LogP contribution in [0.1, 0.15) is 65.4 Å². The van der Waals surface area contributed by atoms with Crippen LogP contribution in [-0.2, 0) is 11.3 Å². The molecule has 0 spiro atoms. The Morgan fingerprint density at radius 2 is 2.00 bits per heavy atom. The molecule has 1 saturated carbocycles. The molecule has 1 atom stereocenters. The number of hydrogen-bond acceptors (Lipinski definition) is 6. The van der Waals surface area contributed by atoms with Gasteiger partial charge in [-0.05, 0) is 31.7 Å². The lowest BCUT2D eigenvalue weighted by Crippen LogP contribution is -2.24. The molecule has 4 rings (SSSR count). The highest BCUT2D eigenvalue weighted by atomic mass is 16.5. The molecule has 2 aromatic heterocycles. The quantitative estimate of drug-likeness (QED) is 0.903. The van der Waals surface area contributed by atoms with Gasteiger partial charge in [0.15, 0.2) is 5.82 Å². The highest BCUT2D eigenvalue weighted by Crippen LogP contribution is 2.37. The molecule has 124 valence electrons. The van der Waals surface area contributed by atoms with Crippen LogP contribution < -0.4 is 5.32 Å². The van der Waals surface area contributed by atoms with Crippen molar-refractivity contribution in [3.05, 3.63) is 47.6 Å². The Morgan fingerprint density at radius 1 is 1.17 bits per heavy atom. The smallest absolute Gasteiger partial charge is 0.254 e. The number of nitrogens with one attached hydrogen (secondary N) is 1. The van der Waals surface area contributed by atoms with Crippen molar-refractivity contribution in [2.45, 2.75) is 44.2 Å². The SMILES string of the molecule is O=C(NCc1ccnc(C2CCCO2)n1)c1cnc(C2CC2)nc1. The summed E-state index contributed by atoms with van der Waals surface area (Å²) in [6.07, 6.45) is 9.13. The lowest BCUT2D eigenvalue weighted by Gasteiger charge is -2.09. The Bertz CT molecular complexity index is 724. The maximum absolute atomic E-state index is 12.2. The number of amides is 1. The standard InChI is InChI=1S/C17H19N5O2/c23-17(12-8-19-15(20-9-12)11-3-4-11)21-10-13-5-6-18-16(22-13)14-2-1-7-24-14/h5-6,8-9,11,14H,1-4,7,10H2,(H,21,23). The zero-order valence-electron chi connectivity index (χ0n) is 13.3. The van der Waals surface area contributed by atoms with E-state index in [4.69, 9.17) is 4.74 Å².